The second-order valence-corrected chi connectivity index (χ2v) is 8.56. The monoisotopic (exact) mass is 480 g/mol. The van der Waals surface area contributed by atoms with Gasteiger partial charge in [-0.3, -0.25) is 9.59 Å². The maximum atomic E-state index is 12.8. The number of aromatic nitrogens is 2. The van der Waals surface area contributed by atoms with Gasteiger partial charge in [-0.15, -0.1) is 0 Å². The van der Waals surface area contributed by atoms with Gasteiger partial charge in [0.1, 0.15) is 0 Å². The van der Waals surface area contributed by atoms with Crippen LogP contribution in [0.4, 0.5) is 0 Å². The average molecular weight is 482 g/mol. The zero-order valence-corrected chi connectivity index (χ0v) is 16.9. The number of hydrogen-bond donors (Lipinski definition) is 2. The van der Waals surface area contributed by atoms with E-state index in [1.165, 1.54) is 0 Å². The van der Waals surface area contributed by atoms with Crippen LogP contribution in [0.25, 0.3) is 43.6 Å². The smallest absolute Gasteiger partial charge is 0.172 e. The van der Waals surface area contributed by atoms with Crippen LogP contribution >= 0.6 is 31.9 Å². The Labute approximate surface area is 169 Å². The maximum absolute atomic E-state index is 12.8. The third kappa shape index (κ3) is 1.82. The summed E-state index contributed by atoms with van der Waals surface area (Å²) in [5, 5.41) is 3.54. The molecule has 6 rings (SSSR count). The summed E-state index contributed by atoms with van der Waals surface area (Å²) in [7, 11) is 0. The standard InChI is InChI=1S/C21H10Br2N2O2/c22-10-5-1-3-8-14-16-12(26)7-13(27)17(16)15-9-4-2-6-11(23)19(9)25-21(15)20(14)24-18(8)10/h1-6,24-25H,7H2. The molecule has 0 amide bonds. The molecular formula is C21H10Br2N2O2. The van der Waals surface area contributed by atoms with Crippen LogP contribution in [0.1, 0.15) is 27.1 Å². The molecule has 0 radical (unpaired) electrons. The summed E-state index contributed by atoms with van der Waals surface area (Å²) >= 11 is 7.18. The number of rotatable bonds is 0. The first-order valence-electron chi connectivity index (χ1n) is 8.48. The van der Waals surface area contributed by atoms with Gasteiger partial charge in [0.25, 0.3) is 0 Å². The molecule has 0 atom stereocenters. The Bertz CT molecular complexity index is 1390. The lowest BCUT2D eigenvalue weighted by Gasteiger charge is -2.04. The number of para-hydroxylation sites is 2. The Morgan fingerprint density at radius 3 is 1.56 bits per heavy atom. The highest BCUT2D eigenvalue weighted by Crippen LogP contribution is 2.45. The molecule has 0 saturated carbocycles. The van der Waals surface area contributed by atoms with E-state index in [0.717, 1.165) is 52.6 Å². The molecule has 1 aliphatic rings. The first-order valence-corrected chi connectivity index (χ1v) is 10.1. The Morgan fingerprint density at radius 2 is 1.11 bits per heavy atom. The van der Waals surface area contributed by atoms with Crippen molar-refractivity contribution >= 4 is 87.0 Å². The van der Waals surface area contributed by atoms with Crippen LogP contribution in [0, 0.1) is 0 Å². The predicted octanol–water partition coefficient (Wildman–Crippen LogP) is 6.25. The largest absolute Gasteiger partial charge is 0.352 e. The van der Waals surface area contributed by atoms with Gasteiger partial charge in [0, 0.05) is 41.6 Å². The molecule has 6 heteroatoms. The highest BCUT2D eigenvalue weighted by atomic mass is 79.9. The third-order valence-corrected chi connectivity index (χ3v) is 6.77. The van der Waals surface area contributed by atoms with Crippen molar-refractivity contribution in [3.8, 4) is 0 Å². The molecular weight excluding hydrogens is 472 g/mol. The summed E-state index contributed by atoms with van der Waals surface area (Å²) in [6, 6.07) is 11.8. The van der Waals surface area contributed by atoms with Gasteiger partial charge in [-0.05, 0) is 44.0 Å². The highest BCUT2D eigenvalue weighted by Gasteiger charge is 2.35. The van der Waals surface area contributed by atoms with Crippen LogP contribution in [0.15, 0.2) is 45.3 Å². The van der Waals surface area contributed by atoms with Crippen LogP contribution in [0.5, 0.6) is 0 Å². The van der Waals surface area contributed by atoms with Crippen LogP contribution in [-0.4, -0.2) is 21.5 Å². The Kier molecular flexibility index (Phi) is 2.94. The number of carbonyl (C=O) groups is 2. The van der Waals surface area contributed by atoms with Gasteiger partial charge < -0.3 is 9.97 Å². The number of H-pyrrole nitrogens is 2. The van der Waals surface area contributed by atoms with Crippen LogP contribution in [0.2, 0.25) is 0 Å². The van der Waals surface area contributed by atoms with E-state index in [4.69, 9.17) is 0 Å². The number of Topliss-reactive ketones (excluding diaryl/α,β-unsaturated/α-hetero) is 2. The van der Waals surface area contributed by atoms with Crippen molar-refractivity contribution in [3.05, 3.63) is 56.5 Å². The summed E-state index contributed by atoms with van der Waals surface area (Å²) in [6.07, 6.45) is -0.0646. The molecule has 0 fully saturated rings. The fraction of sp³-hybridized carbons (Fsp3) is 0.0476. The molecule has 2 N–H and O–H groups in total. The van der Waals surface area contributed by atoms with Gasteiger partial charge in [-0.25, -0.2) is 0 Å². The summed E-state index contributed by atoms with van der Waals surface area (Å²) < 4.78 is 1.85. The topological polar surface area (TPSA) is 65.7 Å². The Balaban J connectivity index is 2.03. The number of benzene rings is 3. The van der Waals surface area contributed by atoms with Crippen LogP contribution in [0.3, 0.4) is 0 Å². The van der Waals surface area contributed by atoms with E-state index in [9.17, 15) is 9.59 Å². The van der Waals surface area contributed by atoms with Gasteiger partial charge in [0.15, 0.2) is 11.6 Å². The second-order valence-electron chi connectivity index (χ2n) is 6.85. The molecule has 2 aromatic heterocycles. The zero-order valence-electron chi connectivity index (χ0n) is 13.7. The summed E-state index contributed by atoms with van der Waals surface area (Å²) in [6.45, 7) is 0. The van der Waals surface area contributed by atoms with E-state index in [0.29, 0.717) is 11.1 Å². The summed E-state index contributed by atoms with van der Waals surface area (Å²) in [5.41, 5.74) is 4.66. The van der Waals surface area contributed by atoms with E-state index in [-0.39, 0.29) is 18.0 Å². The van der Waals surface area contributed by atoms with Gasteiger partial charge in [-0.2, -0.15) is 0 Å². The van der Waals surface area contributed by atoms with Crippen molar-refractivity contribution in [3.63, 3.8) is 0 Å². The van der Waals surface area contributed by atoms with E-state index in [2.05, 4.69) is 41.8 Å². The van der Waals surface area contributed by atoms with Gasteiger partial charge in [0.2, 0.25) is 0 Å². The molecule has 0 saturated heterocycles. The molecule has 5 aromatic rings. The Morgan fingerprint density at radius 1 is 0.667 bits per heavy atom. The second kappa shape index (κ2) is 5.09. The number of aromatic amines is 2. The number of ketones is 2. The molecule has 1 aliphatic carbocycles. The first-order chi connectivity index (χ1) is 13.1. The normalized spacial score (nSPS) is 14.3. The molecule has 0 aliphatic heterocycles. The molecule has 4 nitrogen and oxygen atoms in total. The molecule has 0 unspecified atom stereocenters. The first kappa shape index (κ1) is 15.6. The fourth-order valence-corrected chi connectivity index (χ4v) is 5.32. The van der Waals surface area contributed by atoms with E-state index < -0.39 is 0 Å². The van der Waals surface area contributed by atoms with Gasteiger partial charge >= 0.3 is 0 Å². The minimum Gasteiger partial charge on any atom is -0.352 e. The lowest BCUT2D eigenvalue weighted by molar-refractivity contribution is 0.0924. The molecule has 3 aromatic carbocycles. The van der Waals surface area contributed by atoms with E-state index in [1.54, 1.807) is 0 Å². The molecule has 27 heavy (non-hydrogen) atoms. The molecule has 130 valence electrons. The predicted molar refractivity (Wildman–Crippen MR) is 114 cm³/mol. The van der Waals surface area contributed by atoms with Gasteiger partial charge in [0.05, 0.1) is 28.5 Å². The molecule has 0 spiro atoms. The quantitative estimate of drug-likeness (QED) is 0.257. The lowest BCUT2D eigenvalue weighted by atomic mass is 9.97. The fourth-order valence-electron chi connectivity index (χ4n) is 4.39. The minimum atomic E-state index is -0.105. The van der Waals surface area contributed by atoms with Gasteiger partial charge in [-0.1, -0.05) is 24.3 Å². The van der Waals surface area contributed by atoms with Crippen molar-refractivity contribution in [2.75, 3.05) is 0 Å². The summed E-state index contributed by atoms with van der Waals surface area (Å²) in [5.74, 6) is -0.209. The van der Waals surface area contributed by atoms with E-state index in [1.807, 2.05) is 36.4 Å². The molecule has 0 bridgehead atoms. The van der Waals surface area contributed by atoms with Crippen molar-refractivity contribution in [1.82, 2.24) is 9.97 Å². The van der Waals surface area contributed by atoms with Crippen LogP contribution in [-0.2, 0) is 0 Å². The Hall–Kier alpha value is -2.44. The minimum absolute atomic E-state index is 0.0646. The number of fused-ring (bicyclic) bond motifs is 10. The lowest BCUT2D eigenvalue weighted by Crippen LogP contribution is -1.94. The maximum Gasteiger partial charge on any atom is 0.172 e. The number of halogens is 2. The number of hydrogen-bond acceptors (Lipinski definition) is 2. The summed E-state index contributed by atoms with van der Waals surface area (Å²) in [4.78, 5) is 32.6. The molecule has 2 heterocycles. The number of nitrogens with one attached hydrogen (secondary N) is 2. The van der Waals surface area contributed by atoms with Crippen molar-refractivity contribution < 1.29 is 9.59 Å². The van der Waals surface area contributed by atoms with Crippen LogP contribution < -0.4 is 0 Å². The third-order valence-electron chi connectivity index (χ3n) is 5.44. The highest BCUT2D eigenvalue weighted by molar-refractivity contribution is 9.11. The SMILES string of the molecule is O=C1CC(=O)c2c1c1c3cccc(Br)c3[nH]c1c1[nH]c3c(Br)cccc3c21. The van der Waals surface area contributed by atoms with E-state index >= 15 is 0 Å². The van der Waals surface area contributed by atoms with Crippen molar-refractivity contribution in [2.24, 2.45) is 0 Å². The van der Waals surface area contributed by atoms with Crippen molar-refractivity contribution in [1.29, 1.82) is 0 Å². The average Bonchev–Trinajstić information content (AvgIpc) is 3.28. The van der Waals surface area contributed by atoms with Crippen molar-refractivity contribution in [2.45, 2.75) is 6.42 Å². The zero-order chi connectivity index (χ0) is 18.4. The number of carbonyl (C=O) groups excluding carboxylic acids is 2.